The van der Waals surface area contributed by atoms with Gasteiger partial charge in [-0.25, -0.2) is 0 Å². The fourth-order valence-corrected chi connectivity index (χ4v) is 3.41. The highest BCUT2D eigenvalue weighted by Crippen LogP contribution is 2.24. The molecule has 1 heterocycles. The molecule has 1 aliphatic heterocycles. The summed E-state index contributed by atoms with van der Waals surface area (Å²) in [7, 11) is 1.64. The van der Waals surface area contributed by atoms with E-state index in [1.54, 1.807) is 7.11 Å². The van der Waals surface area contributed by atoms with Gasteiger partial charge in [0, 0.05) is 44.0 Å². The zero-order chi connectivity index (χ0) is 19.8. The van der Waals surface area contributed by atoms with E-state index < -0.39 is 0 Å². The second-order valence-corrected chi connectivity index (χ2v) is 7.52. The van der Waals surface area contributed by atoms with E-state index in [9.17, 15) is 4.79 Å². The fourth-order valence-electron chi connectivity index (χ4n) is 3.41. The summed E-state index contributed by atoms with van der Waals surface area (Å²) in [4.78, 5) is 14.5. The highest BCUT2D eigenvalue weighted by atomic mass is 16.5. The molecular formula is C23H31N3O2. The number of methoxy groups -OCH3 is 1. The van der Waals surface area contributed by atoms with Crippen LogP contribution in [0.1, 0.15) is 31.7 Å². The number of nitrogens with one attached hydrogen (secondary N) is 2. The lowest BCUT2D eigenvalue weighted by molar-refractivity contribution is -0.121. The summed E-state index contributed by atoms with van der Waals surface area (Å²) < 4.78 is 5.14. The van der Waals surface area contributed by atoms with E-state index in [4.69, 9.17) is 4.74 Å². The van der Waals surface area contributed by atoms with E-state index in [-0.39, 0.29) is 5.91 Å². The Morgan fingerprint density at radius 2 is 1.75 bits per heavy atom. The maximum absolute atomic E-state index is 12.0. The molecule has 0 spiro atoms. The first-order valence-electron chi connectivity index (χ1n) is 10.1. The predicted octanol–water partition coefficient (Wildman–Crippen LogP) is 4.05. The van der Waals surface area contributed by atoms with Crippen molar-refractivity contribution in [3.63, 3.8) is 0 Å². The van der Waals surface area contributed by atoms with Gasteiger partial charge in [0.15, 0.2) is 0 Å². The molecule has 1 fully saturated rings. The average molecular weight is 382 g/mol. The second kappa shape index (κ2) is 10.0. The predicted molar refractivity (Wildman–Crippen MR) is 115 cm³/mol. The molecule has 0 atom stereocenters. The first-order chi connectivity index (χ1) is 13.6. The largest absolute Gasteiger partial charge is 0.497 e. The van der Waals surface area contributed by atoms with E-state index in [2.05, 4.69) is 46.7 Å². The number of anilines is 2. The lowest BCUT2D eigenvalue weighted by atomic mass is 9.99. The van der Waals surface area contributed by atoms with Crippen molar-refractivity contribution in [3.05, 3.63) is 54.1 Å². The summed E-state index contributed by atoms with van der Waals surface area (Å²) in [5, 5.41) is 6.28. The molecule has 0 saturated carbocycles. The van der Waals surface area contributed by atoms with Crippen molar-refractivity contribution in [3.8, 4) is 5.75 Å². The number of piperidine rings is 1. The van der Waals surface area contributed by atoms with Crippen molar-refractivity contribution >= 4 is 17.3 Å². The Balaban J connectivity index is 1.36. The number of amides is 1. The van der Waals surface area contributed by atoms with Crippen LogP contribution in [0.15, 0.2) is 48.5 Å². The summed E-state index contributed by atoms with van der Waals surface area (Å²) in [5.41, 5.74) is 3.40. The maximum Gasteiger partial charge on any atom is 0.222 e. The summed E-state index contributed by atoms with van der Waals surface area (Å²) in [6.07, 6.45) is 2.99. The summed E-state index contributed by atoms with van der Waals surface area (Å²) in [6, 6.07) is 16.3. The number of rotatable bonds is 8. The van der Waals surface area contributed by atoms with E-state index in [0.717, 1.165) is 36.0 Å². The molecule has 0 unspecified atom stereocenters. The number of nitrogens with zero attached hydrogens (tertiary/aromatic N) is 1. The molecule has 1 aliphatic rings. The molecule has 3 rings (SSSR count). The van der Waals surface area contributed by atoms with Gasteiger partial charge in [-0.15, -0.1) is 0 Å². The normalized spacial score (nSPS) is 14.6. The molecule has 2 aromatic rings. The first kappa shape index (κ1) is 20.1. The molecule has 0 aromatic heterocycles. The Kier molecular flexibility index (Phi) is 7.18. The van der Waals surface area contributed by atoms with Crippen molar-refractivity contribution in [2.45, 2.75) is 32.7 Å². The van der Waals surface area contributed by atoms with Gasteiger partial charge in [0.25, 0.3) is 0 Å². The Labute approximate surface area is 168 Å². The third-order valence-corrected chi connectivity index (χ3v) is 5.35. The molecule has 0 aliphatic carbocycles. The van der Waals surface area contributed by atoms with E-state index >= 15 is 0 Å². The smallest absolute Gasteiger partial charge is 0.222 e. The van der Waals surface area contributed by atoms with Crippen LogP contribution in [0.5, 0.6) is 5.75 Å². The van der Waals surface area contributed by atoms with E-state index in [1.807, 2.05) is 24.3 Å². The minimum absolute atomic E-state index is 0.0439. The van der Waals surface area contributed by atoms with Crippen molar-refractivity contribution in [2.75, 3.05) is 37.0 Å². The van der Waals surface area contributed by atoms with Gasteiger partial charge in [-0.05, 0) is 60.7 Å². The van der Waals surface area contributed by atoms with Gasteiger partial charge >= 0.3 is 0 Å². The van der Waals surface area contributed by atoms with Crippen LogP contribution in [0.4, 0.5) is 11.4 Å². The van der Waals surface area contributed by atoms with Gasteiger partial charge in [-0.2, -0.15) is 0 Å². The van der Waals surface area contributed by atoms with Crippen LogP contribution in [0.2, 0.25) is 0 Å². The Morgan fingerprint density at radius 3 is 2.39 bits per heavy atom. The van der Waals surface area contributed by atoms with Crippen LogP contribution in [0.25, 0.3) is 0 Å². The highest BCUT2D eigenvalue weighted by molar-refractivity contribution is 5.76. The minimum atomic E-state index is 0.0439. The van der Waals surface area contributed by atoms with Gasteiger partial charge in [0.05, 0.1) is 7.11 Å². The Bertz CT molecular complexity index is 735. The van der Waals surface area contributed by atoms with Crippen LogP contribution in [0, 0.1) is 5.92 Å². The Hall–Kier alpha value is -2.69. The topological polar surface area (TPSA) is 53.6 Å². The van der Waals surface area contributed by atoms with Crippen molar-refractivity contribution in [1.82, 2.24) is 5.32 Å². The van der Waals surface area contributed by atoms with E-state index in [1.165, 1.54) is 18.5 Å². The van der Waals surface area contributed by atoms with Gasteiger partial charge < -0.3 is 20.3 Å². The second-order valence-electron chi connectivity index (χ2n) is 7.52. The van der Waals surface area contributed by atoms with Crippen LogP contribution < -0.4 is 20.3 Å². The summed E-state index contributed by atoms with van der Waals surface area (Å²) >= 11 is 0. The number of ether oxygens (including phenoxy) is 1. The molecule has 0 radical (unpaired) electrons. The lowest BCUT2D eigenvalue weighted by Gasteiger charge is -2.32. The monoisotopic (exact) mass is 381 g/mol. The molecule has 2 aromatic carbocycles. The molecule has 5 heteroatoms. The van der Waals surface area contributed by atoms with Gasteiger partial charge in [0.2, 0.25) is 5.91 Å². The molecular weight excluding hydrogens is 350 g/mol. The van der Waals surface area contributed by atoms with Crippen molar-refractivity contribution in [1.29, 1.82) is 0 Å². The lowest BCUT2D eigenvalue weighted by Crippen LogP contribution is -2.32. The standard InChI is InChI=1S/C23H31N3O2/c1-18-12-15-26(16-13-18)21-7-5-20(6-8-21)24-14-11-23(27)25-17-19-3-9-22(28-2)10-4-19/h3-10,18,24H,11-17H2,1-2H3,(H,25,27). The zero-order valence-corrected chi connectivity index (χ0v) is 16.9. The quantitative estimate of drug-likeness (QED) is 0.724. The molecule has 150 valence electrons. The van der Waals surface area contributed by atoms with Crippen molar-refractivity contribution in [2.24, 2.45) is 5.92 Å². The Morgan fingerprint density at radius 1 is 1.07 bits per heavy atom. The molecule has 28 heavy (non-hydrogen) atoms. The van der Waals surface area contributed by atoms with Crippen LogP contribution in [-0.2, 0) is 11.3 Å². The molecule has 2 N–H and O–H groups in total. The zero-order valence-electron chi connectivity index (χ0n) is 16.9. The molecule has 5 nitrogen and oxygen atoms in total. The highest BCUT2D eigenvalue weighted by Gasteiger charge is 2.15. The molecule has 1 saturated heterocycles. The van der Waals surface area contributed by atoms with Crippen LogP contribution in [-0.4, -0.2) is 32.7 Å². The van der Waals surface area contributed by atoms with E-state index in [0.29, 0.717) is 19.5 Å². The van der Waals surface area contributed by atoms with Crippen LogP contribution >= 0.6 is 0 Å². The third kappa shape index (κ3) is 5.91. The number of hydrogen-bond donors (Lipinski definition) is 2. The van der Waals surface area contributed by atoms with Crippen molar-refractivity contribution < 1.29 is 9.53 Å². The molecule has 0 bridgehead atoms. The number of benzene rings is 2. The third-order valence-electron chi connectivity index (χ3n) is 5.35. The minimum Gasteiger partial charge on any atom is -0.497 e. The average Bonchev–Trinajstić information content (AvgIpc) is 2.74. The van der Waals surface area contributed by atoms with Gasteiger partial charge in [0.1, 0.15) is 5.75 Å². The number of carbonyl (C=O) groups is 1. The first-order valence-corrected chi connectivity index (χ1v) is 10.1. The summed E-state index contributed by atoms with van der Waals surface area (Å²) in [5.74, 6) is 1.70. The fraction of sp³-hybridized carbons (Fsp3) is 0.435. The SMILES string of the molecule is COc1ccc(CNC(=O)CCNc2ccc(N3CCC(C)CC3)cc2)cc1. The number of carbonyl (C=O) groups excluding carboxylic acids is 1. The molecule has 1 amide bonds. The summed E-state index contributed by atoms with van der Waals surface area (Å²) in [6.45, 7) is 5.77. The van der Waals surface area contributed by atoms with Gasteiger partial charge in [-0.1, -0.05) is 19.1 Å². The maximum atomic E-state index is 12.0. The van der Waals surface area contributed by atoms with Crippen LogP contribution in [0.3, 0.4) is 0 Å². The number of hydrogen-bond acceptors (Lipinski definition) is 4. The van der Waals surface area contributed by atoms with Gasteiger partial charge in [-0.3, -0.25) is 4.79 Å².